The third kappa shape index (κ3) is 4.46. The highest BCUT2D eigenvalue weighted by molar-refractivity contribution is 5.84. The van der Waals surface area contributed by atoms with Crippen LogP contribution >= 0.6 is 0 Å². The third-order valence-corrected chi connectivity index (χ3v) is 7.08. The lowest BCUT2D eigenvalue weighted by Crippen LogP contribution is -2.51. The molecule has 3 aliphatic heterocycles. The summed E-state index contributed by atoms with van der Waals surface area (Å²) in [5.41, 5.74) is 0.0204. The summed E-state index contributed by atoms with van der Waals surface area (Å²) in [7, 11) is 0. The number of alkyl halides is 1. The highest BCUT2D eigenvalue weighted by Crippen LogP contribution is 2.38. The molecule has 1 amide bonds. The number of ether oxygens (including phenoxy) is 1. The normalized spacial score (nSPS) is 28.6. The number of carbonyl (C=O) groups is 2. The van der Waals surface area contributed by atoms with Crippen molar-refractivity contribution < 1.29 is 23.1 Å². The first-order valence-corrected chi connectivity index (χ1v) is 11.3. The number of hydrogen-bond acceptors (Lipinski definition) is 5. The van der Waals surface area contributed by atoms with Gasteiger partial charge in [0.25, 0.3) is 0 Å². The van der Waals surface area contributed by atoms with Crippen LogP contribution in [0.2, 0.25) is 0 Å². The topological polar surface area (TPSA) is 61.9 Å². The zero-order valence-electron chi connectivity index (χ0n) is 18.0. The number of halogens is 2. The van der Waals surface area contributed by atoms with E-state index < -0.39 is 11.6 Å². The number of nitrogens with one attached hydrogen (secondary N) is 1. The Kier molecular flexibility index (Phi) is 6.57. The summed E-state index contributed by atoms with van der Waals surface area (Å²) in [6.45, 7) is 4.87. The number of benzene rings is 1. The maximum Gasteiger partial charge on any atom is 0.316 e. The van der Waals surface area contributed by atoms with E-state index in [1.165, 1.54) is 12.1 Å². The van der Waals surface area contributed by atoms with Gasteiger partial charge in [-0.15, -0.1) is 0 Å². The largest absolute Gasteiger partial charge is 0.465 e. The fraction of sp³-hybridized carbons (Fsp3) is 0.652. The maximum absolute atomic E-state index is 13.5. The monoisotopic (exact) mass is 435 g/mol. The maximum atomic E-state index is 13.5. The van der Waals surface area contributed by atoms with Gasteiger partial charge in [-0.25, -0.2) is 8.78 Å². The van der Waals surface area contributed by atoms with E-state index >= 15 is 0 Å². The van der Waals surface area contributed by atoms with E-state index in [0.717, 1.165) is 5.56 Å². The molecule has 3 atom stereocenters. The molecule has 6 nitrogen and oxygen atoms in total. The molecule has 3 fully saturated rings. The second-order valence-electron chi connectivity index (χ2n) is 8.87. The van der Waals surface area contributed by atoms with Gasteiger partial charge in [0.2, 0.25) is 5.91 Å². The molecule has 31 heavy (non-hydrogen) atoms. The van der Waals surface area contributed by atoms with Crippen LogP contribution in [-0.4, -0.2) is 79.3 Å². The van der Waals surface area contributed by atoms with Crippen LogP contribution in [0.1, 0.15) is 38.2 Å². The second-order valence-corrected chi connectivity index (χ2v) is 8.87. The molecule has 3 saturated heterocycles. The van der Waals surface area contributed by atoms with Crippen molar-refractivity contribution in [2.75, 3.05) is 39.3 Å². The molecule has 0 radical (unpaired) electrons. The summed E-state index contributed by atoms with van der Waals surface area (Å²) < 4.78 is 32.3. The van der Waals surface area contributed by atoms with E-state index in [1.54, 1.807) is 24.0 Å². The summed E-state index contributed by atoms with van der Waals surface area (Å²) in [5.74, 6) is -0.592. The lowest BCUT2D eigenvalue weighted by Gasteiger charge is -2.42. The molecule has 1 unspecified atom stereocenters. The summed E-state index contributed by atoms with van der Waals surface area (Å²) in [5, 5.41) is 3.31. The zero-order chi connectivity index (χ0) is 22.0. The molecular formula is C23H31F2N3O3. The van der Waals surface area contributed by atoms with Crippen molar-refractivity contribution in [3.8, 4) is 0 Å². The highest BCUT2D eigenvalue weighted by Gasteiger charge is 2.46. The zero-order valence-corrected chi connectivity index (χ0v) is 18.0. The molecule has 0 spiro atoms. The minimum Gasteiger partial charge on any atom is -0.465 e. The average Bonchev–Trinajstić information content (AvgIpc) is 3.43. The van der Waals surface area contributed by atoms with Crippen LogP contribution in [0, 0.1) is 5.82 Å². The average molecular weight is 436 g/mol. The molecule has 8 heteroatoms. The van der Waals surface area contributed by atoms with Gasteiger partial charge in [0.05, 0.1) is 24.6 Å². The van der Waals surface area contributed by atoms with Crippen molar-refractivity contribution >= 4 is 11.9 Å². The van der Waals surface area contributed by atoms with Crippen molar-refractivity contribution in [2.24, 2.45) is 0 Å². The number of likely N-dealkylation sites (tertiary alicyclic amines) is 2. The van der Waals surface area contributed by atoms with Crippen molar-refractivity contribution in [3.63, 3.8) is 0 Å². The molecule has 4 rings (SSSR count). The van der Waals surface area contributed by atoms with Gasteiger partial charge in [0, 0.05) is 19.1 Å². The minimum atomic E-state index is -0.911. The number of rotatable bonds is 5. The van der Waals surface area contributed by atoms with Gasteiger partial charge < -0.3 is 15.0 Å². The number of hydrogen-bond donors (Lipinski definition) is 1. The van der Waals surface area contributed by atoms with Crippen LogP contribution in [0.15, 0.2) is 24.3 Å². The van der Waals surface area contributed by atoms with Crippen LogP contribution in [0.3, 0.4) is 0 Å². The van der Waals surface area contributed by atoms with Crippen molar-refractivity contribution in [3.05, 3.63) is 35.6 Å². The summed E-state index contributed by atoms with van der Waals surface area (Å²) in [6.07, 6.45) is 1.37. The van der Waals surface area contributed by atoms with E-state index in [0.29, 0.717) is 58.5 Å². The molecule has 3 aliphatic rings. The molecular weight excluding hydrogens is 404 g/mol. The first kappa shape index (κ1) is 22.1. The van der Waals surface area contributed by atoms with Crippen LogP contribution in [-0.2, 0) is 19.7 Å². The minimum absolute atomic E-state index is 0.00755. The first-order chi connectivity index (χ1) is 14.9. The second kappa shape index (κ2) is 9.20. The van der Waals surface area contributed by atoms with Gasteiger partial charge in [-0.3, -0.25) is 14.5 Å². The molecule has 1 aromatic rings. The van der Waals surface area contributed by atoms with Gasteiger partial charge in [-0.2, -0.15) is 0 Å². The standard InChI is InChI=1S/C23H31F2N3O3/c1-2-31-22(30)23(16-3-5-17(24)6-4-16)8-11-27(12-9-23)19-13-20(26-14-19)21(29)28-10-7-18(25)15-28/h3-6,18-20,26H,2,7-15H2,1H3/t18?,19-,20-/m0/s1. The Morgan fingerprint density at radius 3 is 2.52 bits per heavy atom. The number of piperidine rings is 1. The quantitative estimate of drug-likeness (QED) is 0.718. The Morgan fingerprint density at radius 1 is 1.19 bits per heavy atom. The molecule has 170 valence electrons. The molecule has 0 aromatic heterocycles. The lowest BCUT2D eigenvalue weighted by atomic mass is 9.72. The van der Waals surface area contributed by atoms with E-state index in [9.17, 15) is 18.4 Å². The van der Waals surface area contributed by atoms with E-state index in [-0.39, 0.29) is 36.3 Å². The predicted octanol–water partition coefficient (Wildman–Crippen LogP) is 2.02. The van der Waals surface area contributed by atoms with E-state index in [1.807, 2.05) is 0 Å². The van der Waals surface area contributed by atoms with Gasteiger partial charge in [0.15, 0.2) is 0 Å². The van der Waals surface area contributed by atoms with Crippen molar-refractivity contribution in [2.45, 2.75) is 56.3 Å². The Morgan fingerprint density at radius 2 is 1.90 bits per heavy atom. The Bertz CT molecular complexity index is 796. The Balaban J connectivity index is 1.40. The first-order valence-electron chi connectivity index (χ1n) is 11.3. The van der Waals surface area contributed by atoms with Crippen LogP contribution < -0.4 is 5.32 Å². The molecule has 1 N–H and O–H groups in total. The lowest BCUT2D eigenvalue weighted by molar-refractivity contribution is -0.152. The van der Waals surface area contributed by atoms with Crippen molar-refractivity contribution in [1.82, 2.24) is 15.1 Å². The summed E-state index contributed by atoms with van der Waals surface area (Å²) >= 11 is 0. The number of esters is 1. The highest BCUT2D eigenvalue weighted by atomic mass is 19.1. The molecule has 0 saturated carbocycles. The number of nitrogens with zero attached hydrogens (tertiary/aromatic N) is 2. The smallest absolute Gasteiger partial charge is 0.316 e. The van der Waals surface area contributed by atoms with E-state index in [4.69, 9.17) is 4.74 Å². The fourth-order valence-electron chi connectivity index (χ4n) is 5.24. The predicted molar refractivity (Wildman–Crippen MR) is 112 cm³/mol. The van der Waals surface area contributed by atoms with Gasteiger partial charge in [-0.05, 0) is 63.4 Å². The van der Waals surface area contributed by atoms with Crippen LogP contribution in [0.25, 0.3) is 0 Å². The molecule has 1 aromatic carbocycles. The van der Waals surface area contributed by atoms with E-state index in [2.05, 4.69) is 10.2 Å². The number of carbonyl (C=O) groups excluding carboxylic acids is 2. The molecule has 3 heterocycles. The molecule has 0 aliphatic carbocycles. The summed E-state index contributed by atoms with van der Waals surface area (Å²) in [4.78, 5) is 29.6. The Hall–Kier alpha value is -2.06. The Labute approximate surface area is 181 Å². The van der Waals surface area contributed by atoms with Crippen molar-refractivity contribution in [1.29, 1.82) is 0 Å². The van der Waals surface area contributed by atoms with Gasteiger partial charge >= 0.3 is 5.97 Å². The van der Waals surface area contributed by atoms with Gasteiger partial charge in [0.1, 0.15) is 12.0 Å². The van der Waals surface area contributed by atoms with Crippen LogP contribution in [0.4, 0.5) is 8.78 Å². The molecule has 0 bridgehead atoms. The SMILES string of the molecule is CCOC(=O)C1(c2ccc(F)cc2)CCN([C@@H]2CN[C@H](C(=O)N3CCC(F)C3)C2)CC1. The fourth-order valence-corrected chi connectivity index (χ4v) is 5.24. The van der Waals surface area contributed by atoms with Gasteiger partial charge in [-0.1, -0.05) is 12.1 Å². The van der Waals surface area contributed by atoms with Crippen LogP contribution in [0.5, 0.6) is 0 Å². The summed E-state index contributed by atoms with van der Waals surface area (Å²) in [6, 6.07) is 6.07. The third-order valence-electron chi connectivity index (χ3n) is 7.08. The number of amides is 1.